The lowest BCUT2D eigenvalue weighted by atomic mass is 9.98. The van der Waals surface area contributed by atoms with Crippen LogP contribution in [-0.4, -0.2) is 30.7 Å². The van der Waals surface area contributed by atoms with Gasteiger partial charge in [0.25, 0.3) is 11.8 Å². The minimum Gasteiger partial charge on any atom is -0.459 e. The van der Waals surface area contributed by atoms with Gasteiger partial charge in [0, 0.05) is 28.7 Å². The van der Waals surface area contributed by atoms with Crippen LogP contribution in [0.25, 0.3) is 0 Å². The van der Waals surface area contributed by atoms with E-state index < -0.39 is 0 Å². The molecule has 2 aromatic carbocycles. The van der Waals surface area contributed by atoms with Gasteiger partial charge in [-0.25, -0.2) is 0 Å². The molecule has 6 nitrogen and oxygen atoms in total. The summed E-state index contributed by atoms with van der Waals surface area (Å²) in [7, 11) is 0. The van der Waals surface area contributed by atoms with Crippen molar-refractivity contribution in [1.82, 2.24) is 10.6 Å². The van der Waals surface area contributed by atoms with E-state index in [9.17, 15) is 14.4 Å². The van der Waals surface area contributed by atoms with Crippen molar-refractivity contribution in [2.24, 2.45) is 0 Å². The molecular formula is C21H17BrN2O4. The normalized spacial score (nSPS) is 10.3. The highest BCUT2D eigenvalue weighted by Gasteiger charge is 2.18. The zero-order chi connectivity index (χ0) is 19.9. The molecule has 142 valence electrons. The van der Waals surface area contributed by atoms with Crippen LogP contribution >= 0.6 is 15.9 Å². The number of rotatable bonds is 7. The van der Waals surface area contributed by atoms with Gasteiger partial charge >= 0.3 is 0 Å². The summed E-state index contributed by atoms with van der Waals surface area (Å²) in [4.78, 5) is 37.1. The average molecular weight is 441 g/mol. The first kappa shape index (κ1) is 19.6. The van der Waals surface area contributed by atoms with Crippen LogP contribution in [0.4, 0.5) is 0 Å². The van der Waals surface area contributed by atoms with Crippen LogP contribution in [0.2, 0.25) is 0 Å². The molecule has 1 aromatic heterocycles. The van der Waals surface area contributed by atoms with Crippen LogP contribution in [0.3, 0.4) is 0 Å². The monoisotopic (exact) mass is 440 g/mol. The second-order valence-electron chi connectivity index (χ2n) is 5.87. The summed E-state index contributed by atoms with van der Waals surface area (Å²) in [5.74, 6) is -0.764. The summed E-state index contributed by atoms with van der Waals surface area (Å²) in [6.07, 6.45) is 1.41. The minimum absolute atomic E-state index is 0.205. The molecule has 1 heterocycles. The summed E-state index contributed by atoms with van der Waals surface area (Å²) in [5.41, 5.74) is 1.10. The fraction of sp³-hybridized carbons (Fsp3) is 0.0952. The number of carbonyl (C=O) groups is 3. The van der Waals surface area contributed by atoms with Crippen molar-refractivity contribution in [3.8, 4) is 0 Å². The molecule has 0 radical (unpaired) electrons. The fourth-order valence-electron chi connectivity index (χ4n) is 2.58. The summed E-state index contributed by atoms with van der Waals surface area (Å²) in [6, 6.07) is 16.8. The molecule has 0 bridgehead atoms. The van der Waals surface area contributed by atoms with Crippen molar-refractivity contribution in [1.29, 1.82) is 0 Å². The fourth-order valence-corrected chi connectivity index (χ4v) is 2.84. The third-order valence-corrected chi connectivity index (χ3v) is 4.49. The lowest BCUT2D eigenvalue weighted by Crippen LogP contribution is -2.35. The van der Waals surface area contributed by atoms with E-state index in [0.29, 0.717) is 11.1 Å². The first-order chi connectivity index (χ1) is 13.6. The van der Waals surface area contributed by atoms with E-state index >= 15 is 0 Å². The zero-order valence-electron chi connectivity index (χ0n) is 14.8. The number of hydrogen-bond acceptors (Lipinski definition) is 4. The summed E-state index contributed by atoms with van der Waals surface area (Å²) >= 11 is 3.34. The molecular weight excluding hydrogens is 424 g/mol. The van der Waals surface area contributed by atoms with Crippen LogP contribution in [0.15, 0.2) is 75.8 Å². The quantitative estimate of drug-likeness (QED) is 0.435. The minimum atomic E-state index is -0.381. The van der Waals surface area contributed by atoms with Gasteiger partial charge in [0.15, 0.2) is 11.5 Å². The molecule has 0 spiro atoms. The van der Waals surface area contributed by atoms with Crippen molar-refractivity contribution in [3.63, 3.8) is 0 Å². The first-order valence-electron chi connectivity index (χ1n) is 8.55. The molecule has 0 atom stereocenters. The molecule has 0 aliphatic heterocycles. The molecule has 7 heteroatoms. The van der Waals surface area contributed by atoms with Gasteiger partial charge in [-0.3, -0.25) is 14.4 Å². The lowest BCUT2D eigenvalue weighted by Gasteiger charge is -2.10. The van der Waals surface area contributed by atoms with E-state index in [2.05, 4.69) is 26.6 Å². The van der Waals surface area contributed by atoms with E-state index in [-0.39, 0.29) is 42.0 Å². The van der Waals surface area contributed by atoms with Crippen LogP contribution in [0.5, 0.6) is 0 Å². The Hall–Kier alpha value is -3.19. The Morgan fingerprint density at radius 2 is 1.43 bits per heavy atom. The summed E-state index contributed by atoms with van der Waals surface area (Å²) in [6.45, 7) is 0.445. The Labute approximate surface area is 170 Å². The lowest BCUT2D eigenvalue weighted by molar-refractivity contribution is 0.0909. The van der Waals surface area contributed by atoms with Crippen molar-refractivity contribution < 1.29 is 18.8 Å². The van der Waals surface area contributed by atoms with Gasteiger partial charge in [0.1, 0.15) is 0 Å². The largest absolute Gasteiger partial charge is 0.459 e. The number of halogens is 1. The molecule has 3 rings (SSSR count). The molecule has 0 aliphatic rings. The van der Waals surface area contributed by atoms with Gasteiger partial charge < -0.3 is 15.1 Å². The topological polar surface area (TPSA) is 88.4 Å². The van der Waals surface area contributed by atoms with Crippen molar-refractivity contribution in [3.05, 3.63) is 93.9 Å². The predicted molar refractivity (Wildman–Crippen MR) is 107 cm³/mol. The van der Waals surface area contributed by atoms with E-state index in [1.54, 1.807) is 60.7 Å². The Bertz CT molecular complexity index is 982. The summed E-state index contributed by atoms with van der Waals surface area (Å²) < 4.78 is 5.86. The number of hydrogen-bond donors (Lipinski definition) is 2. The van der Waals surface area contributed by atoms with E-state index in [1.165, 1.54) is 6.26 Å². The van der Waals surface area contributed by atoms with E-state index in [4.69, 9.17) is 4.42 Å². The molecule has 28 heavy (non-hydrogen) atoms. The molecule has 0 aliphatic carbocycles. The maximum atomic E-state index is 12.8. The number of ketones is 1. The molecule has 2 amide bonds. The van der Waals surface area contributed by atoms with Crippen LogP contribution in [0, 0.1) is 0 Å². The predicted octanol–water partition coefficient (Wildman–Crippen LogP) is 3.43. The van der Waals surface area contributed by atoms with Gasteiger partial charge in [0.05, 0.1) is 11.8 Å². The smallest absolute Gasteiger partial charge is 0.287 e. The van der Waals surface area contributed by atoms with Crippen LogP contribution in [-0.2, 0) is 0 Å². The van der Waals surface area contributed by atoms with Gasteiger partial charge in [-0.15, -0.1) is 0 Å². The second-order valence-corrected chi connectivity index (χ2v) is 6.79. The average Bonchev–Trinajstić information content (AvgIpc) is 3.26. The van der Waals surface area contributed by atoms with E-state index in [0.717, 1.165) is 4.47 Å². The van der Waals surface area contributed by atoms with E-state index in [1.807, 2.05) is 0 Å². The van der Waals surface area contributed by atoms with Crippen molar-refractivity contribution in [2.75, 3.05) is 13.1 Å². The molecule has 3 aromatic rings. The zero-order valence-corrected chi connectivity index (χ0v) is 16.4. The number of carbonyl (C=O) groups excluding carboxylic acids is 3. The Morgan fingerprint density at radius 3 is 2.07 bits per heavy atom. The highest BCUT2D eigenvalue weighted by molar-refractivity contribution is 9.10. The third-order valence-electron chi connectivity index (χ3n) is 3.96. The van der Waals surface area contributed by atoms with Crippen LogP contribution < -0.4 is 10.6 Å². The Balaban J connectivity index is 1.62. The van der Waals surface area contributed by atoms with Gasteiger partial charge in [-0.1, -0.05) is 34.1 Å². The number of nitrogens with one attached hydrogen (secondary N) is 2. The van der Waals surface area contributed by atoms with Crippen LogP contribution in [0.1, 0.15) is 36.8 Å². The molecule has 0 saturated heterocycles. The maximum absolute atomic E-state index is 12.8. The Kier molecular flexibility index (Phi) is 6.39. The highest BCUT2D eigenvalue weighted by Crippen LogP contribution is 2.17. The molecule has 0 fully saturated rings. The van der Waals surface area contributed by atoms with Crippen molar-refractivity contribution >= 4 is 33.5 Å². The number of benzene rings is 2. The summed E-state index contributed by atoms with van der Waals surface area (Å²) in [5, 5.41) is 5.35. The van der Waals surface area contributed by atoms with Crippen molar-refractivity contribution in [2.45, 2.75) is 0 Å². The third kappa shape index (κ3) is 4.75. The van der Waals surface area contributed by atoms with Gasteiger partial charge in [0.2, 0.25) is 0 Å². The SMILES string of the molecule is O=C(NCCNC(=O)c1ccccc1C(=O)c1ccc(Br)cc1)c1ccco1. The van der Waals surface area contributed by atoms with Gasteiger partial charge in [-0.2, -0.15) is 0 Å². The molecule has 0 unspecified atom stereocenters. The first-order valence-corrected chi connectivity index (χ1v) is 9.35. The van der Waals surface area contributed by atoms with Gasteiger partial charge in [-0.05, 0) is 42.5 Å². The number of furan rings is 1. The maximum Gasteiger partial charge on any atom is 0.287 e. The highest BCUT2D eigenvalue weighted by atomic mass is 79.9. The molecule has 2 N–H and O–H groups in total. The molecule has 0 saturated carbocycles. The second kappa shape index (κ2) is 9.14. The standard InChI is InChI=1S/C21H17BrN2O4/c22-15-9-7-14(8-10-15)19(25)16-4-1-2-5-17(16)20(26)23-11-12-24-21(27)18-6-3-13-28-18/h1-10,13H,11-12H2,(H,23,26)(H,24,27). The Morgan fingerprint density at radius 1 is 0.786 bits per heavy atom. The number of amides is 2.